The average molecular weight is 340 g/mol. The minimum absolute atomic E-state index is 0.123. The topological polar surface area (TPSA) is 110 Å². The second-order valence-electron chi connectivity index (χ2n) is 5.92. The third-order valence-electron chi connectivity index (χ3n) is 4.31. The van der Waals surface area contributed by atoms with E-state index in [9.17, 15) is 10.1 Å². The van der Waals surface area contributed by atoms with Crippen molar-refractivity contribution in [3.05, 3.63) is 46.1 Å². The molecule has 1 aliphatic heterocycles. The summed E-state index contributed by atoms with van der Waals surface area (Å²) in [6.07, 6.45) is 4.20. The molecular weight excluding hydrogens is 324 g/mol. The Morgan fingerprint density at radius 2 is 2.00 bits per heavy atom. The average Bonchev–Trinajstić information content (AvgIpc) is 3.31. The molecule has 3 aromatic rings. The fraction of sp³-hybridized carbons (Fsp3) is 0.312. The van der Waals surface area contributed by atoms with E-state index in [-0.39, 0.29) is 11.2 Å². The summed E-state index contributed by atoms with van der Waals surface area (Å²) in [5.74, 6) is 0.980. The van der Waals surface area contributed by atoms with Crippen molar-refractivity contribution in [3.8, 4) is 0 Å². The summed E-state index contributed by atoms with van der Waals surface area (Å²) < 4.78 is 4.67. The van der Waals surface area contributed by atoms with Crippen molar-refractivity contribution in [2.24, 2.45) is 0 Å². The number of fused-ring (bicyclic) bond motifs is 1. The molecule has 3 heterocycles. The predicted octanol–water partition coefficient (Wildman–Crippen LogP) is 2.74. The van der Waals surface area contributed by atoms with Gasteiger partial charge >= 0.3 is 5.69 Å². The monoisotopic (exact) mass is 340 g/mol. The zero-order valence-electron chi connectivity index (χ0n) is 13.4. The summed E-state index contributed by atoms with van der Waals surface area (Å²) >= 11 is 0. The minimum atomic E-state index is -0.499. The number of benzene rings is 1. The number of rotatable bonds is 5. The molecule has 128 valence electrons. The van der Waals surface area contributed by atoms with E-state index in [2.05, 4.69) is 36.2 Å². The first-order valence-corrected chi connectivity index (χ1v) is 8.06. The van der Waals surface area contributed by atoms with Gasteiger partial charge in [-0.15, -0.1) is 0 Å². The summed E-state index contributed by atoms with van der Waals surface area (Å²) in [4.78, 5) is 17.2. The number of nitrogens with one attached hydrogen (secondary N) is 1. The number of non-ortho nitro benzene ring substituents is 1. The van der Waals surface area contributed by atoms with Gasteiger partial charge in [-0.05, 0) is 46.9 Å². The zero-order chi connectivity index (χ0) is 17.2. The fourth-order valence-electron chi connectivity index (χ4n) is 3.03. The first-order valence-electron chi connectivity index (χ1n) is 8.06. The van der Waals surface area contributed by atoms with Crippen LogP contribution in [-0.4, -0.2) is 33.3 Å². The molecule has 0 amide bonds. The Hall–Kier alpha value is -3.23. The molecule has 1 fully saturated rings. The Kier molecular flexibility index (Phi) is 3.88. The SMILES string of the molecule is O=[N+]([O-])c1ccc(NCc2ccnc(N3CCCC3)c2)c2nonc12. The molecular formula is C16H16N6O3. The molecule has 0 unspecified atom stereocenters. The summed E-state index contributed by atoms with van der Waals surface area (Å²) in [6, 6.07) is 7.02. The van der Waals surface area contributed by atoms with Crippen LogP contribution in [0.2, 0.25) is 0 Å². The quantitative estimate of drug-likeness (QED) is 0.557. The second kappa shape index (κ2) is 6.34. The molecule has 2 aromatic heterocycles. The van der Waals surface area contributed by atoms with Crippen molar-refractivity contribution < 1.29 is 9.55 Å². The second-order valence-corrected chi connectivity index (χ2v) is 5.92. The number of nitro groups is 1. The van der Waals surface area contributed by atoms with Crippen LogP contribution < -0.4 is 10.2 Å². The Bertz CT molecular complexity index is 919. The predicted molar refractivity (Wildman–Crippen MR) is 91.5 cm³/mol. The molecule has 1 N–H and O–H groups in total. The van der Waals surface area contributed by atoms with Crippen LogP contribution >= 0.6 is 0 Å². The van der Waals surface area contributed by atoms with Crippen LogP contribution in [0.4, 0.5) is 17.2 Å². The van der Waals surface area contributed by atoms with Crippen molar-refractivity contribution in [1.82, 2.24) is 15.3 Å². The van der Waals surface area contributed by atoms with Crippen LogP contribution in [-0.2, 0) is 6.54 Å². The number of hydrogen-bond donors (Lipinski definition) is 1. The fourth-order valence-corrected chi connectivity index (χ4v) is 3.03. The minimum Gasteiger partial charge on any atom is -0.379 e. The number of nitrogens with zero attached hydrogens (tertiary/aromatic N) is 5. The standard InChI is InChI=1S/C16H16N6O3/c23-22(24)13-4-3-12(15-16(13)20-25-19-15)18-10-11-5-6-17-14(9-11)21-7-1-2-8-21/h3-6,9,18H,1-2,7-8,10H2. The third-order valence-corrected chi connectivity index (χ3v) is 4.31. The summed E-state index contributed by atoms with van der Waals surface area (Å²) in [5.41, 5.74) is 2.08. The smallest absolute Gasteiger partial charge is 0.300 e. The molecule has 25 heavy (non-hydrogen) atoms. The lowest BCUT2D eigenvalue weighted by Crippen LogP contribution is -2.19. The Morgan fingerprint density at radius 1 is 1.20 bits per heavy atom. The van der Waals surface area contributed by atoms with Crippen LogP contribution in [0.3, 0.4) is 0 Å². The lowest BCUT2D eigenvalue weighted by atomic mass is 10.2. The lowest BCUT2D eigenvalue weighted by Gasteiger charge is -2.17. The van der Waals surface area contributed by atoms with E-state index in [4.69, 9.17) is 0 Å². The van der Waals surface area contributed by atoms with Gasteiger partial charge in [0.25, 0.3) is 0 Å². The van der Waals surface area contributed by atoms with Crippen LogP contribution in [0.5, 0.6) is 0 Å². The molecule has 9 heteroatoms. The maximum absolute atomic E-state index is 11.0. The van der Waals surface area contributed by atoms with E-state index in [1.165, 1.54) is 18.9 Å². The van der Waals surface area contributed by atoms with Gasteiger partial charge in [-0.1, -0.05) is 0 Å². The van der Waals surface area contributed by atoms with E-state index >= 15 is 0 Å². The highest BCUT2D eigenvalue weighted by atomic mass is 16.6. The molecule has 4 rings (SSSR count). The Balaban J connectivity index is 1.55. The number of nitro benzene ring substituents is 1. The highest BCUT2D eigenvalue weighted by Crippen LogP contribution is 2.29. The largest absolute Gasteiger partial charge is 0.379 e. The highest BCUT2D eigenvalue weighted by molar-refractivity contribution is 5.93. The Labute approximate surface area is 142 Å². The van der Waals surface area contributed by atoms with Gasteiger partial charge in [0.1, 0.15) is 5.82 Å². The molecule has 1 aromatic carbocycles. The number of pyridine rings is 1. The Morgan fingerprint density at radius 3 is 2.80 bits per heavy atom. The van der Waals surface area contributed by atoms with Gasteiger partial charge < -0.3 is 10.2 Å². The molecule has 0 bridgehead atoms. The van der Waals surface area contributed by atoms with E-state index < -0.39 is 4.92 Å². The van der Waals surface area contributed by atoms with Gasteiger partial charge in [-0.25, -0.2) is 9.61 Å². The maximum atomic E-state index is 11.0. The van der Waals surface area contributed by atoms with Crippen LogP contribution in [0.1, 0.15) is 18.4 Å². The van der Waals surface area contributed by atoms with Gasteiger partial charge in [0.15, 0.2) is 5.52 Å². The van der Waals surface area contributed by atoms with Crippen molar-refractivity contribution >= 4 is 28.2 Å². The van der Waals surface area contributed by atoms with Crippen LogP contribution in [0.15, 0.2) is 35.1 Å². The lowest BCUT2D eigenvalue weighted by molar-refractivity contribution is -0.383. The molecule has 9 nitrogen and oxygen atoms in total. The number of anilines is 2. The van der Waals surface area contributed by atoms with E-state index in [1.54, 1.807) is 12.3 Å². The normalized spacial score (nSPS) is 14.2. The van der Waals surface area contributed by atoms with Gasteiger partial charge in [0.05, 0.1) is 10.6 Å². The van der Waals surface area contributed by atoms with Gasteiger partial charge in [0.2, 0.25) is 5.52 Å². The summed E-state index contributed by atoms with van der Waals surface area (Å²) in [7, 11) is 0. The van der Waals surface area contributed by atoms with E-state index in [1.807, 2.05) is 6.07 Å². The maximum Gasteiger partial charge on any atom is 0.300 e. The molecule has 0 aliphatic carbocycles. The highest BCUT2D eigenvalue weighted by Gasteiger charge is 2.19. The summed E-state index contributed by atoms with van der Waals surface area (Å²) in [6.45, 7) is 2.62. The zero-order valence-corrected chi connectivity index (χ0v) is 13.4. The van der Waals surface area contributed by atoms with Crippen LogP contribution in [0, 0.1) is 10.1 Å². The first-order chi connectivity index (χ1) is 12.2. The molecule has 1 saturated heterocycles. The van der Waals surface area contributed by atoms with Crippen molar-refractivity contribution in [2.75, 3.05) is 23.3 Å². The summed E-state index contributed by atoms with van der Waals surface area (Å²) in [5, 5.41) is 21.7. The number of hydrogen-bond acceptors (Lipinski definition) is 8. The van der Waals surface area contributed by atoms with Gasteiger partial charge in [-0.3, -0.25) is 10.1 Å². The van der Waals surface area contributed by atoms with Crippen molar-refractivity contribution in [1.29, 1.82) is 0 Å². The molecule has 0 spiro atoms. The van der Waals surface area contributed by atoms with Gasteiger partial charge in [0, 0.05) is 31.9 Å². The van der Waals surface area contributed by atoms with Crippen molar-refractivity contribution in [2.45, 2.75) is 19.4 Å². The van der Waals surface area contributed by atoms with Gasteiger partial charge in [-0.2, -0.15) is 0 Å². The first kappa shape index (κ1) is 15.3. The van der Waals surface area contributed by atoms with Crippen molar-refractivity contribution in [3.63, 3.8) is 0 Å². The molecule has 1 aliphatic rings. The van der Waals surface area contributed by atoms with E-state index in [0.29, 0.717) is 17.7 Å². The third kappa shape index (κ3) is 2.95. The molecule has 0 atom stereocenters. The van der Waals surface area contributed by atoms with E-state index in [0.717, 1.165) is 24.5 Å². The number of aromatic nitrogens is 3. The molecule has 0 radical (unpaired) electrons. The molecule has 0 saturated carbocycles. The van der Waals surface area contributed by atoms with Crippen LogP contribution in [0.25, 0.3) is 11.0 Å².